The number of rotatable bonds is 21. The largest absolute Gasteiger partial charge is 0.455 e. The number of alkyl carbamates (subject to hydrolysis) is 1. The zero-order valence-electron chi connectivity index (χ0n) is 61.3. The second-order valence-corrected chi connectivity index (χ2v) is 31.3. The topological polar surface area (TPSA) is 353 Å². The number of esters is 3. The number of benzene rings is 3. The van der Waals surface area contributed by atoms with E-state index >= 15 is 9.59 Å². The Morgan fingerprint density at radius 2 is 1.44 bits per heavy atom. The lowest BCUT2D eigenvalue weighted by Gasteiger charge is -2.67. The predicted molar refractivity (Wildman–Crippen MR) is 371 cm³/mol. The molecule has 1 aliphatic heterocycles. The van der Waals surface area contributed by atoms with Crippen molar-refractivity contribution >= 4 is 59.3 Å². The van der Waals surface area contributed by atoms with E-state index in [1.54, 1.807) is 90.2 Å². The molecule has 1 saturated heterocycles. The van der Waals surface area contributed by atoms with Gasteiger partial charge in [-0.1, -0.05) is 89.1 Å². The van der Waals surface area contributed by atoms with Crippen LogP contribution in [-0.4, -0.2) is 188 Å². The molecule has 26 nitrogen and oxygen atoms in total. The molecule has 4 aromatic rings. The average Bonchev–Trinajstić information content (AvgIpc) is 1.10. The van der Waals surface area contributed by atoms with E-state index in [4.69, 9.17) is 38.9 Å². The van der Waals surface area contributed by atoms with Gasteiger partial charge in [0.25, 0.3) is 5.91 Å². The molecule has 10 rings (SSSR count). The van der Waals surface area contributed by atoms with Gasteiger partial charge in [0.2, 0.25) is 6.10 Å². The number of nitrogens with one attached hydrogen (secondary N) is 2. The number of carbonyl (C=O) groups is 9. The predicted octanol–water partition coefficient (Wildman–Crippen LogP) is 9.85. The minimum absolute atomic E-state index is 0.0240. The number of Topliss-reactive ketones (excluding diaryl/α,β-unsaturated/α-hetero) is 2. The molecule has 0 radical (unpaired) electrons. The SMILES string of the molecule is CC(=O)O[C@@]12CO[C@@H]1C[C@@H](O)C1(C)C(=O)[C@H](O)C3=C(C)[C@@H](OC(=O)[C@H](OC(=O)N(C)CCCCCCN(C)C(=O)O[C@H]4CC[C@H](Nc5cc(-n6nc(C(F)(F)F)c7c6CC(C)(C)CC7=O)ccc5C(N)=O)CC4)[C@@H](NC(=O)OC(C)(C)C)c4ccccc4)C[C@@](O)([C@@H](OC(=O)c4ccccc4)[C@@H]12)C3(C)C. The van der Waals surface area contributed by atoms with Gasteiger partial charge in [0.15, 0.2) is 22.9 Å². The number of aliphatic hydroxyl groups excluding tert-OH is 2. The second-order valence-electron chi connectivity index (χ2n) is 31.3. The lowest BCUT2D eigenvalue weighted by Crippen LogP contribution is -2.81. The highest BCUT2D eigenvalue weighted by atomic mass is 19.4. The summed E-state index contributed by atoms with van der Waals surface area (Å²) in [5, 5.41) is 48.6. The van der Waals surface area contributed by atoms with Gasteiger partial charge in [-0.05, 0) is 132 Å². The Labute approximate surface area is 607 Å². The Morgan fingerprint density at radius 3 is 2.02 bits per heavy atom. The van der Waals surface area contributed by atoms with Crippen LogP contribution < -0.4 is 16.4 Å². The molecule has 3 aromatic carbocycles. The first-order valence-corrected chi connectivity index (χ1v) is 35.5. The Bertz CT molecular complexity index is 4020. The smallest absolute Gasteiger partial charge is 0.435 e. The second kappa shape index (κ2) is 30.1. The standard InChI is InChI=1S/C76H96F3N7O19/c1-41-52(39-75(98)63(103-65(93)44-25-19-16-20-26-44)60-73(10,62(91)58(90)56(41)72(75,8)9)53(89)36-54-74(60,40-99-54)104-42(2)87)101-66(94)59(57(43-23-17-15-18-24-43)82-67(95)105-70(3,4)5)102-69(97)85(12)34-22-14-13-21-33-84(11)68(96)100-47-30-27-45(28-31-47)81-49-35-46(29-32-48(49)64(80)92)86-50-37-71(6,7)38-51(88)55(50)61(83-86)76(77,78)79/h15-20,23-26,29,32,35,45,47,52-54,57-60,63,81,89-90,98H,13-14,21-22,27-28,30-31,33-34,36-40H2,1-12H3,(H2,80,92)(H,82,95)/t45-,47-,52-,53+,54+,57-,58+,59+,60-,63-,73?,74-,75+/m0/s1. The first-order chi connectivity index (χ1) is 49.1. The van der Waals surface area contributed by atoms with Crippen molar-refractivity contribution in [1.82, 2.24) is 24.9 Å². The fourth-order valence-corrected chi connectivity index (χ4v) is 16.2. The van der Waals surface area contributed by atoms with Crippen molar-refractivity contribution in [2.24, 2.45) is 27.9 Å². The fraction of sp³-hybridized carbons (Fsp3) is 0.579. The number of nitrogens with zero attached hydrogens (tertiary/aromatic N) is 4. The van der Waals surface area contributed by atoms with Gasteiger partial charge >= 0.3 is 42.4 Å². The number of ether oxygens (including phenoxy) is 7. The number of primary amides is 1. The number of alkyl halides is 3. The van der Waals surface area contributed by atoms with Gasteiger partial charge in [-0.25, -0.2) is 28.7 Å². The van der Waals surface area contributed by atoms with Crippen LogP contribution in [0.1, 0.15) is 194 Å². The zero-order chi connectivity index (χ0) is 76.8. The number of hydrogen-bond acceptors (Lipinski definition) is 21. The van der Waals surface area contributed by atoms with Crippen molar-refractivity contribution in [2.45, 2.75) is 224 Å². The maximum absolute atomic E-state index is 15.5. The van der Waals surface area contributed by atoms with E-state index in [1.807, 2.05) is 0 Å². The minimum Gasteiger partial charge on any atom is -0.455 e. The maximum atomic E-state index is 15.5. The molecule has 11 atom stereocenters. The van der Waals surface area contributed by atoms with Crippen molar-refractivity contribution in [1.29, 1.82) is 0 Å². The molecule has 5 aliphatic carbocycles. The van der Waals surface area contributed by atoms with Crippen LogP contribution in [0.2, 0.25) is 0 Å². The van der Waals surface area contributed by atoms with Crippen LogP contribution in [0.15, 0.2) is 90.0 Å². The Morgan fingerprint density at radius 1 is 0.819 bits per heavy atom. The summed E-state index contributed by atoms with van der Waals surface area (Å²) >= 11 is 0. The molecule has 0 spiro atoms. The molecule has 570 valence electrons. The van der Waals surface area contributed by atoms with E-state index in [9.17, 15) is 62.1 Å². The van der Waals surface area contributed by atoms with Crippen molar-refractivity contribution in [3.05, 3.63) is 124 Å². The highest BCUT2D eigenvalue weighted by molar-refractivity contribution is 6.01. The molecule has 29 heteroatoms. The highest BCUT2D eigenvalue weighted by Gasteiger charge is 2.78. The van der Waals surface area contributed by atoms with E-state index in [0.29, 0.717) is 57.9 Å². The van der Waals surface area contributed by atoms with Crippen LogP contribution in [0.4, 0.5) is 33.2 Å². The summed E-state index contributed by atoms with van der Waals surface area (Å²) in [6.07, 6.45) is -15.1. The van der Waals surface area contributed by atoms with Gasteiger partial charge in [-0.3, -0.25) is 19.2 Å². The number of ketones is 2. The number of carbonyl (C=O) groups excluding carboxylic acids is 9. The number of aliphatic hydroxyl groups is 3. The first kappa shape index (κ1) is 78.7. The monoisotopic (exact) mass is 1470 g/mol. The van der Waals surface area contributed by atoms with Crippen LogP contribution >= 0.6 is 0 Å². The molecule has 1 aromatic heterocycles. The van der Waals surface area contributed by atoms with Crippen LogP contribution in [-0.2, 0) is 60.1 Å². The lowest BCUT2D eigenvalue weighted by molar-refractivity contribution is -0.346. The summed E-state index contributed by atoms with van der Waals surface area (Å²) in [4.78, 5) is 129. The number of fused-ring (bicyclic) bond motifs is 6. The summed E-state index contributed by atoms with van der Waals surface area (Å²) < 4.78 is 86.5. The van der Waals surface area contributed by atoms with Gasteiger partial charge < -0.3 is 74.6 Å². The number of aromatic nitrogens is 2. The molecule has 1 unspecified atom stereocenters. The first-order valence-electron chi connectivity index (χ1n) is 35.5. The Balaban J connectivity index is 0.801. The van der Waals surface area contributed by atoms with Crippen molar-refractivity contribution in [2.75, 3.05) is 39.1 Å². The van der Waals surface area contributed by atoms with Crippen LogP contribution in [0.25, 0.3) is 5.69 Å². The summed E-state index contributed by atoms with van der Waals surface area (Å²) in [5.41, 5.74) is -4.95. The van der Waals surface area contributed by atoms with E-state index in [2.05, 4.69) is 15.7 Å². The number of hydrogen-bond donors (Lipinski definition) is 6. The number of halogens is 3. The van der Waals surface area contributed by atoms with Crippen LogP contribution in [0.3, 0.4) is 0 Å². The van der Waals surface area contributed by atoms with Crippen molar-refractivity contribution in [3.8, 4) is 5.69 Å². The van der Waals surface area contributed by atoms with E-state index in [-0.39, 0.29) is 83.4 Å². The van der Waals surface area contributed by atoms with Gasteiger partial charge in [-0.2, -0.15) is 18.3 Å². The van der Waals surface area contributed by atoms with Gasteiger partial charge in [-0.15, -0.1) is 0 Å². The summed E-state index contributed by atoms with van der Waals surface area (Å²) in [5.74, 6) is -7.10. The van der Waals surface area contributed by atoms with Crippen molar-refractivity contribution in [3.63, 3.8) is 0 Å². The normalized spacial score (nSPS) is 27.3. The summed E-state index contributed by atoms with van der Waals surface area (Å²) in [6.45, 7) is 15.5. The molecule has 3 saturated carbocycles. The number of unbranched alkanes of at least 4 members (excludes halogenated alkanes) is 3. The van der Waals surface area contributed by atoms with Crippen LogP contribution in [0.5, 0.6) is 0 Å². The van der Waals surface area contributed by atoms with E-state index in [1.165, 1.54) is 74.9 Å². The van der Waals surface area contributed by atoms with Gasteiger partial charge in [0, 0.05) is 70.5 Å². The minimum atomic E-state index is -4.89. The Kier molecular flexibility index (Phi) is 22.6. The van der Waals surface area contributed by atoms with Gasteiger partial charge in [0.05, 0.1) is 52.1 Å². The highest BCUT2D eigenvalue weighted by Crippen LogP contribution is 2.64. The van der Waals surface area contributed by atoms with E-state index in [0.717, 1.165) is 11.6 Å². The third-order valence-electron chi connectivity index (χ3n) is 21.8. The summed E-state index contributed by atoms with van der Waals surface area (Å²) in [7, 11) is 3.05. The molecular weight excluding hydrogens is 1370 g/mol. The van der Waals surface area contributed by atoms with Gasteiger partial charge in [0.1, 0.15) is 47.8 Å². The quantitative estimate of drug-likeness (QED) is 0.0195. The third kappa shape index (κ3) is 16.0. The number of nitrogens with two attached hydrogens (primary N) is 1. The van der Waals surface area contributed by atoms with Crippen LogP contribution in [0, 0.1) is 22.2 Å². The number of anilines is 1. The Hall–Kier alpha value is -8.93. The molecule has 2 heterocycles. The molecule has 4 amide bonds. The molecular formula is C76H96F3N7O19. The number of amides is 4. The zero-order valence-corrected chi connectivity index (χ0v) is 61.3. The molecule has 6 aliphatic rings. The molecule has 7 N–H and O–H groups in total. The maximum Gasteiger partial charge on any atom is 0.435 e. The third-order valence-corrected chi connectivity index (χ3v) is 21.8. The fourth-order valence-electron chi connectivity index (χ4n) is 16.2. The van der Waals surface area contributed by atoms with E-state index < -0.39 is 165 Å². The average molecular weight is 1470 g/mol. The summed E-state index contributed by atoms with van der Waals surface area (Å²) in [6, 6.07) is 18.4. The van der Waals surface area contributed by atoms with Crippen molar-refractivity contribution < 1.29 is 105 Å². The molecule has 4 fully saturated rings. The molecule has 2 bridgehead atoms. The lowest BCUT2D eigenvalue weighted by atomic mass is 9.44. The molecule has 105 heavy (non-hydrogen) atoms.